The van der Waals surface area contributed by atoms with E-state index in [1.807, 2.05) is 24.3 Å². The SMILES string of the molecule is NCCCNC(=O)C1CCN(c2nc3ccccc3o2)CC1. The molecule has 0 atom stereocenters. The molecule has 6 heteroatoms. The number of hydrogen-bond acceptors (Lipinski definition) is 5. The van der Waals surface area contributed by atoms with E-state index in [2.05, 4.69) is 15.2 Å². The molecule has 0 radical (unpaired) electrons. The fraction of sp³-hybridized carbons (Fsp3) is 0.500. The van der Waals surface area contributed by atoms with E-state index < -0.39 is 0 Å². The van der Waals surface area contributed by atoms with Crippen LogP contribution in [0.4, 0.5) is 6.01 Å². The Kier molecular flexibility index (Phi) is 4.58. The molecule has 1 aromatic carbocycles. The smallest absolute Gasteiger partial charge is 0.298 e. The maximum Gasteiger partial charge on any atom is 0.298 e. The number of anilines is 1. The summed E-state index contributed by atoms with van der Waals surface area (Å²) in [4.78, 5) is 18.7. The van der Waals surface area contributed by atoms with E-state index in [4.69, 9.17) is 10.2 Å². The molecule has 6 nitrogen and oxygen atoms in total. The van der Waals surface area contributed by atoms with E-state index in [1.165, 1.54) is 0 Å². The van der Waals surface area contributed by atoms with Crippen molar-refractivity contribution in [3.05, 3.63) is 24.3 Å². The van der Waals surface area contributed by atoms with Crippen molar-refractivity contribution in [2.24, 2.45) is 11.7 Å². The normalized spacial score (nSPS) is 16.1. The van der Waals surface area contributed by atoms with Crippen molar-refractivity contribution in [3.63, 3.8) is 0 Å². The number of aromatic nitrogens is 1. The average Bonchev–Trinajstić information content (AvgIpc) is 2.99. The molecular formula is C16H22N4O2. The minimum absolute atomic E-state index is 0.0819. The number of nitrogens with one attached hydrogen (secondary N) is 1. The lowest BCUT2D eigenvalue weighted by Crippen LogP contribution is -2.41. The molecule has 0 aliphatic carbocycles. The van der Waals surface area contributed by atoms with Crippen molar-refractivity contribution in [2.45, 2.75) is 19.3 Å². The van der Waals surface area contributed by atoms with Gasteiger partial charge in [-0.1, -0.05) is 12.1 Å². The molecule has 3 rings (SSSR count). The van der Waals surface area contributed by atoms with E-state index in [0.29, 0.717) is 19.1 Å². The van der Waals surface area contributed by atoms with Gasteiger partial charge in [0.1, 0.15) is 5.52 Å². The molecule has 0 saturated carbocycles. The van der Waals surface area contributed by atoms with Crippen LogP contribution in [0.15, 0.2) is 28.7 Å². The van der Waals surface area contributed by atoms with Crippen molar-refractivity contribution < 1.29 is 9.21 Å². The summed E-state index contributed by atoms with van der Waals surface area (Å²) in [6.07, 6.45) is 2.48. The van der Waals surface area contributed by atoms with Gasteiger partial charge in [0.05, 0.1) is 0 Å². The Morgan fingerprint density at radius 2 is 2.14 bits per heavy atom. The second kappa shape index (κ2) is 6.79. The summed E-state index contributed by atoms with van der Waals surface area (Å²) >= 11 is 0. The van der Waals surface area contributed by atoms with Crippen LogP contribution in [0.3, 0.4) is 0 Å². The number of para-hydroxylation sites is 2. The zero-order valence-corrected chi connectivity index (χ0v) is 12.6. The zero-order chi connectivity index (χ0) is 15.4. The van der Waals surface area contributed by atoms with Gasteiger partial charge >= 0.3 is 0 Å². The highest BCUT2D eigenvalue weighted by atomic mass is 16.4. The number of oxazole rings is 1. The van der Waals surface area contributed by atoms with Gasteiger partial charge in [-0.05, 0) is 37.9 Å². The molecular weight excluding hydrogens is 280 g/mol. The van der Waals surface area contributed by atoms with Crippen LogP contribution in [0.25, 0.3) is 11.1 Å². The van der Waals surface area contributed by atoms with E-state index in [9.17, 15) is 4.79 Å². The Morgan fingerprint density at radius 3 is 2.86 bits per heavy atom. The Labute approximate surface area is 129 Å². The Balaban J connectivity index is 1.56. The van der Waals surface area contributed by atoms with Crippen molar-refractivity contribution >= 4 is 23.0 Å². The van der Waals surface area contributed by atoms with Gasteiger partial charge in [-0.3, -0.25) is 4.79 Å². The number of hydrogen-bond donors (Lipinski definition) is 2. The largest absolute Gasteiger partial charge is 0.423 e. The number of piperidine rings is 1. The van der Waals surface area contributed by atoms with Crippen molar-refractivity contribution in [3.8, 4) is 0 Å². The average molecular weight is 302 g/mol. The lowest BCUT2D eigenvalue weighted by Gasteiger charge is -2.30. The number of carbonyl (C=O) groups excluding carboxylic acids is 1. The summed E-state index contributed by atoms with van der Waals surface area (Å²) in [5, 5.41) is 2.95. The van der Waals surface area contributed by atoms with Crippen LogP contribution in [0.5, 0.6) is 0 Å². The highest BCUT2D eigenvalue weighted by molar-refractivity contribution is 5.79. The molecule has 118 valence electrons. The Bertz CT molecular complexity index is 599. The van der Waals surface area contributed by atoms with Gasteiger partial charge in [0.15, 0.2) is 5.58 Å². The molecule has 0 bridgehead atoms. The number of amides is 1. The highest BCUT2D eigenvalue weighted by Crippen LogP contribution is 2.26. The van der Waals surface area contributed by atoms with Crippen LogP contribution in [-0.4, -0.2) is 37.1 Å². The summed E-state index contributed by atoms with van der Waals surface area (Å²) in [7, 11) is 0. The summed E-state index contributed by atoms with van der Waals surface area (Å²) in [5.41, 5.74) is 7.11. The van der Waals surface area contributed by atoms with E-state index in [0.717, 1.165) is 43.5 Å². The first-order valence-electron chi connectivity index (χ1n) is 7.86. The lowest BCUT2D eigenvalue weighted by atomic mass is 9.96. The number of rotatable bonds is 5. The summed E-state index contributed by atoms with van der Waals surface area (Å²) in [6.45, 7) is 2.86. The van der Waals surface area contributed by atoms with Crippen LogP contribution in [0.1, 0.15) is 19.3 Å². The van der Waals surface area contributed by atoms with Gasteiger partial charge in [-0.15, -0.1) is 0 Å². The highest BCUT2D eigenvalue weighted by Gasteiger charge is 2.26. The quantitative estimate of drug-likeness (QED) is 0.818. The molecule has 0 unspecified atom stereocenters. The third kappa shape index (κ3) is 3.22. The molecule has 1 saturated heterocycles. The first kappa shape index (κ1) is 14.8. The number of nitrogens with zero attached hydrogens (tertiary/aromatic N) is 2. The van der Waals surface area contributed by atoms with E-state index >= 15 is 0 Å². The molecule has 1 aliphatic rings. The Morgan fingerprint density at radius 1 is 1.36 bits per heavy atom. The maximum atomic E-state index is 12.0. The van der Waals surface area contributed by atoms with Crippen molar-refractivity contribution in [2.75, 3.05) is 31.1 Å². The molecule has 22 heavy (non-hydrogen) atoms. The van der Waals surface area contributed by atoms with Crippen molar-refractivity contribution in [1.29, 1.82) is 0 Å². The van der Waals surface area contributed by atoms with Gasteiger partial charge in [-0.25, -0.2) is 0 Å². The predicted molar refractivity (Wildman–Crippen MR) is 85.6 cm³/mol. The van der Waals surface area contributed by atoms with Crippen molar-refractivity contribution in [1.82, 2.24) is 10.3 Å². The summed E-state index contributed by atoms with van der Waals surface area (Å²) < 4.78 is 5.78. The fourth-order valence-electron chi connectivity index (χ4n) is 2.79. The fourth-order valence-corrected chi connectivity index (χ4v) is 2.79. The minimum atomic E-state index is 0.0819. The lowest BCUT2D eigenvalue weighted by molar-refractivity contribution is -0.125. The van der Waals surface area contributed by atoms with Gasteiger partial charge in [0.25, 0.3) is 6.01 Å². The first-order chi connectivity index (χ1) is 10.8. The molecule has 2 heterocycles. The van der Waals surface area contributed by atoms with Crippen LogP contribution in [0.2, 0.25) is 0 Å². The van der Waals surface area contributed by atoms with Gasteiger partial charge in [-0.2, -0.15) is 4.98 Å². The number of nitrogens with two attached hydrogens (primary N) is 1. The topological polar surface area (TPSA) is 84.4 Å². The van der Waals surface area contributed by atoms with Gasteiger partial charge < -0.3 is 20.4 Å². The van der Waals surface area contributed by atoms with Gasteiger partial charge in [0.2, 0.25) is 5.91 Å². The van der Waals surface area contributed by atoms with Gasteiger partial charge in [0, 0.05) is 25.6 Å². The van der Waals surface area contributed by atoms with E-state index in [-0.39, 0.29) is 11.8 Å². The second-order valence-electron chi connectivity index (χ2n) is 5.66. The monoisotopic (exact) mass is 302 g/mol. The maximum absolute atomic E-state index is 12.0. The molecule has 1 amide bonds. The number of carbonyl (C=O) groups is 1. The van der Waals surface area contributed by atoms with Crippen LogP contribution >= 0.6 is 0 Å². The van der Waals surface area contributed by atoms with Crippen LogP contribution in [0, 0.1) is 5.92 Å². The van der Waals surface area contributed by atoms with E-state index in [1.54, 1.807) is 0 Å². The molecule has 1 fully saturated rings. The third-order valence-corrected chi connectivity index (χ3v) is 4.10. The molecule has 3 N–H and O–H groups in total. The summed E-state index contributed by atoms with van der Waals surface area (Å²) in [5.74, 6) is 0.226. The number of fused-ring (bicyclic) bond motifs is 1. The predicted octanol–water partition coefficient (Wildman–Crippen LogP) is 1.51. The number of benzene rings is 1. The zero-order valence-electron chi connectivity index (χ0n) is 12.6. The minimum Gasteiger partial charge on any atom is -0.423 e. The second-order valence-corrected chi connectivity index (χ2v) is 5.66. The van der Waals surface area contributed by atoms with Crippen LogP contribution in [-0.2, 0) is 4.79 Å². The molecule has 0 spiro atoms. The first-order valence-corrected chi connectivity index (χ1v) is 7.86. The molecule has 1 aromatic heterocycles. The standard InChI is InChI=1S/C16H22N4O2/c17-8-3-9-18-15(21)12-6-10-20(11-7-12)16-19-13-4-1-2-5-14(13)22-16/h1-2,4-5,12H,3,6-11,17H2,(H,18,21). The summed E-state index contributed by atoms with van der Waals surface area (Å²) in [6, 6.07) is 8.41. The van der Waals surface area contributed by atoms with Crippen LogP contribution < -0.4 is 16.0 Å². The third-order valence-electron chi connectivity index (χ3n) is 4.10. The Hall–Kier alpha value is -2.08. The molecule has 2 aromatic rings. The molecule has 1 aliphatic heterocycles.